The lowest BCUT2D eigenvalue weighted by Crippen LogP contribution is -2.41. The fourth-order valence-electron chi connectivity index (χ4n) is 2.23. The van der Waals surface area contributed by atoms with E-state index in [9.17, 15) is 18.0 Å². The molecule has 1 fully saturated rings. The van der Waals surface area contributed by atoms with Crippen LogP contribution in [0.4, 0.5) is 4.79 Å². The van der Waals surface area contributed by atoms with Crippen LogP contribution in [-0.2, 0) is 20.2 Å². The van der Waals surface area contributed by atoms with E-state index >= 15 is 0 Å². The quantitative estimate of drug-likeness (QED) is 0.806. The zero-order valence-electron chi connectivity index (χ0n) is 12.2. The van der Waals surface area contributed by atoms with Gasteiger partial charge in [0, 0.05) is 12.8 Å². The Kier molecular flexibility index (Phi) is 3.94. The van der Waals surface area contributed by atoms with Crippen molar-refractivity contribution in [2.45, 2.75) is 12.5 Å². The molecule has 1 saturated heterocycles. The monoisotopic (exact) mass is 321 g/mol. The Morgan fingerprint density at radius 1 is 1.27 bits per heavy atom. The number of nitrogens with zero attached hydrogens (tertiary/aromatic N) is 2. The molecule has 0 aromatic heterocycles. The highest BCUT2D eigenvalue weighted by Gasteiger charge is 2.48. The van der Waals surface area contributed by atoms with Gasteiger partial charge in [0.1, 0.15) is 15.4 Å². The number of benzene rings is 1. The molecule has 3 amide bonds. The number of rotatable bonds is 4. The molecule has 1 heterocycles. The molecule has 2 rings (SSSR count). The van der Waals surface area contributed by atoms with Gasteiger partial charge < -0.3 is 5.32 Å². The first-order valence-corrected chi connectivity index (χ1v) is 8.56. The van der Waals surface area contributed by atoms with Crippen LogP contribution in [-0.4, -0.2) is 43.8 Å². The van der Waals surface area contributed by atoms with E-state index in [1.807, 2.05) is 6.07 Å². The predicted octanol–water partition coefficient (Wildman–Crippen LogP) is 0.370. The highest BCUT2D eigenvalue weighted by Crippen LogP contribution is 2.28. The number of nitriles is 1. The molecule has 1 aliphatic rings. The normalized spacial score (nSPS) is 21.6. The van der Waals surface area contributed by atoms with Gasteiger partial charge in [0.05, 0.1) is 17.4 Å². The molecule has 8 heteroatoms. The Bertz CT molecular complexity index is 764. The first kappa shape index (κ1) is 16.0. The molecule has 1 N–H and O–H groups in total. The minimum atomic E-state index is -3.28. The molecule has 0 unspecified atom stereocenters. The molecule has 7 nitrogen and oxygen atoms in total. The lowest BCUT2D eigenvalue weighted by atomic mass is 9.91. The van der Waals surface area contributed by atoms with Crippen molar-refractivity contribution in [3.8, 4) is 6.07 Å². The Balaban J connectivity index is 2.27. The van der Waals surface area contributed by atoms with Crippen molar-refractivity contribution >= 4 is 21.8 Å². The van der Waals surface area contributed by atoms with E-state index in [0.29, 0.717) is 11.1 Å². The van der Waals surface area contributed by atoms with Gasteiger partial charge in [0.15, 0.2) is 0 Å². The molecule has 0 spiro atoms. The van der Waals surface area contributed by atoms with Crippen LogP contribution < -0.4 is 5.32 Å². The van der Waals surface area contributed by atoms with Crippen molar-refractivity contribution in [1.29, 1.82) is 5.26 Å². The van der Waals surface area contributed by atoms with E-state index in [0.717, 1.165) is 11.2 Å². The topological polar surface area (TPSA) is 107 Å². The van der Waals surface area contributed by atoms with Gasteiger partial charge in [0.25, 0.3) is 5.91 Å². The molecule has 1 aliphatic heterocycles. The number of amides is 3. The smallest absolute Gasteiger partial charge is 0.319 e. The third-order valence-electron chi connectivity index (χ3n) is 3.55. The molecule has 22 heavy (non-hydrogen) atoms. The second-order valence-corrected chi connectivity index (χ2v) is 7.59. The lowest BCUT2D eigenvalue weighted by molar-refractivity contribution is -0.130. The first-order chi connectivity index (χ1) is 10.2. The standard InChI is InChI=1S/C14H15N3O4S/c1-14(11-5-3-10(9-15)4-6-11)12(18)17(13(19)16-14)7-8-22(2,20)21/h3-6H,7-8H2,1-2H3,(H,16,19)/t14-/m0/s1. The average molecular weight is 321 g/mol. The number of hydrogen-bond acceptors (Lipinski definition) is 5. The first-order valence-electron chi connectivity index (χ1n) is 6.50. The van der Waals surface area contributed by atoms with Crippen molar-refractivity contribution in [3.63, 3.8) is 0 Å². The summed E-state index contributed by atoms with van der Waals surface area (Å²) in [6.07, 6.45) is 1.05. The fraction of sp³-hybridized carbons (Fsp3) is 0.357. The van der Waals surface area contributed by atoms with Crippen molar-refractivity contribution in [3.05, 3.63) is 35.4 Å². The number of nitrogens with one attached hydrogen (secondary N) is 1. The fourth-order valence-corrected chi connectivity index (χ4v) is 2.75. The van der Waals surface area contributed by atoms with Gasteiger partial charge in [0.2, 0.25) is 0 Å². The summed E-state index contributed by atoms with van der Waals surface area (Å²) in [6.45, 7) is 1.37. The minimum Gasteiger partial charge on any atom is -0.319 e. The van der Waals surface area contributed by atoms with Crippen LogP contribution in [0.1, 0.15) is 18.1 Å². The summed E-state index contributed by atoms with van der Waals surface area (Å²) in [5.74, 6) is -0.791. The van der Waals surface area contributed by atoms with E-state index < -0.39 is 27.3 Å². The van der Waals surface area contributed by atoms with Crippen LogP contribution in [0, 0.1) is 11.3 Å². The zero-order chi connectivity index (χ0) is 16.5. The Hall–Kier alpha value is -2.40. The molecule has 0 bridgehead atoms. The number of sulfone groups is 1. The van der Waals surface area contributed by atoms with Crippen LogP contribution in [0.25, 0.3) is 0 Å². The lowest BCUT2D eigenvalue weighted by Gasteiger charge is -2.22. The Labute approximate surface area is 128 Å². The maximum Gasteiger partial charge on any atom is 0.325 e. The second kappa shape index (κ2) is 5.42. The largest absolute Gasteiger partial charge is 0.325 e. The minimum absolute atomic E-state index is 0.185. The summed E-state index contributed by atoms with van der Waals surface area (Å²) in [7, 11) is -3.28. The Morgan fingerprint density at radius 3 is 2.36 bits per heavy atom. The summed E-state index contributed by atoms with van der Waals surface area (Å²) >= 11 is 0. The third kappa shape index (κ3) is 2.94. The van der Waals surface area contributed by atoms with Gasteiger partial charge in [-0.1, -0.05) is 12.1 Å². The van der Waals surface area contributed by atoms with E-state index in [1.54, 1.807) is 31.2 Å². The molecule has 0 radical (unpaired) electrons. The van der Waals surface area contributed by atoms with Gasteiger partial charge in [-0.05, 0) is 24.6 Å². The summed E-state index contributed by atoms with van der Waals surface area (Å²) in [4.78, 5) is 25.4. The van der Waals surface area contributed by atoms with E-state index in [2.05, 4.69) is 5.32 Å². The maximum absolute atomic E-state index is 12.5. The number of carbonyl (C=O) groups is 2. The molecule has 116 valence electrons. The molecule has 1 aromatic carbocycles. The van der Waals surface area contributed by atoms with Crippen LogP contribution >= 0.6 is 0 Å². The van der Waals surface area contributed by atoms with Crippen LogP contribution in [0.15, 0.2) is 24.3 Å². The SMILES string of the molecule is C[C@@]1(c2ccc(C#N)cc2)NC(=O)N(CCS(C)(=O)=O)C1=O. The van der Waals surface area contributed by atoms with Gasteiger partial charge in [-0.2, -0.15) is 5.26 Å². The summed E-state index contributed by atoms with van der Waals surface area (Å²) < 4.78 is 22.4. The van der Waals surface area contributed by atoms with Crippen LogP contribution in [0.3, 0.4) is 0 Å². The molecule has 1 aromatic rings. The van der Waals surface area contributed by atoms with Crippen molar-refractivity contribution in [1.82, 2.24) is 10.2 Å². The van der Waals surface area contributed by atoms with Gasteiger partial charge in [-0.3, -0.25) is 9.69 Å². The van der Waals surface area contributed by atoms with E-state index in [-0.39, 0.29) is 12.3 Å². The van der Waals surface area contributed by atoms with Crippen LogP contribution in [0.5, 0.6) is 0 Å². The van der Waals surface area contributed by atoms with E-state index in [1.165, 1.54) is 0 Å². The summed E-state index contributed by atoms with van der Waals surface area (Å²) in [5.41, 5.74) is -0.285. The average Bonchev–Trinajstić information content (AvgIpc) is 2.67. The van der Waals surface area contributed by atoms with Gasteiger partial charge in [-0.15, -0.1) is 0 Å². The predicted molar refractivity (Wildman–Crippen MR) is 78.5 cm³/mol. The van der Waals surface area contributed by atoms with E-state index in [4.69, 9.17) is 5.26 Å². The maximum atomic E-state index is 12.5. The number of imide groups is 1. The third-order valence-corrected chi connectivity index (χ3v) is 4.48. The van der Waals surface area contributed by atoms with Gasteiger partial charge in [-0.25, -0.2) is 13.2 Å². The van der Waals surface area contributed by atoms with Crippen molar-refractivity contribution in [2.24, 2.45) is 0 Å². The highest BCUT2D eigenvalue weighted by atomic mass is 32.2. The zero-order valence-corrected chi connectivity index (χ0v) is 13.0. The molecule has 0 saturated carbocycles. The summed E-state index contributed by atoms with van der Waals surface area (Å²) in [5, 5.41) is 11.4. The Morgan fingerprint density at radius 2 is 1.86 bits per heavy atom. The molecule has 0 aliphatic carbocycles. The van der Waals surface area contributed by atoms with Crippen molar-refractivity contribution < 1.29 is 18.0 Å². The van der Waals surface area contributed by atoms with Crippen molar-refractivity contribution in [2.75, 3.05) is 18.6 Å². The van der Waals surface area contributed by atoms with Crippen LogP contribution in [0.2, 0.25) is 0 Å². The highest BCUT2D eigenvalue weighted by molar-refractivity contribution is 7.90. The molecular weight excluding hydrogens is 306 g/mol. The van der Waals surface area contributed by atoms with Gasteiger partial charge >= 0.3 is 6.03 Å². The number of urea groups is 1. The molecule has 1 atom stereocenters. The second-order valence-electron chi connectivity index (χ2n) is 5.33. The number of hydrogen-bond donors (Lipinski definition) is 1. The number of carbonyl (C=O) groups excluding carboxylic acids is 2. The summed E-state index contributed by atoms with van der Waals surface area (Å²) in [6, 6.07) is 7.65. The molecular formula is C14H15N3O4S.